The lowest BCUT2D eigenvalue weighted by atomic mass is 10.1. The van der Waals surface area contributed by atoms with Gasteiger partial charge in [-0.05, 0) is 79.6 Å². The number of imidazole rings is 1. The molecule has 0 saturated carbocycles. The van der Waals surface area contributed by atoms with E-state index < -0.39 is 11.9 Å². The minimum absolute atomic E-state index is 0.0231. The van der Waals surface area contributed by atoms with Crippen LogP contribution < -0.4 is 32.0 Å². The van der Waals surface area contributed by atoms with E-state index >= 15 is 0 Å². The number of rotatable bonds is 12. The van der Waals surface area contributed by atoms with Crippen molar-refractivity contribution in [1.29, 1.82) is 0 Å². The molecule has 0 unspecified atom stereocenters. The highest BCUT2D eigenvalue weighted by Crippen LogP contribution is 2.33. The highest BCUT2D eigenvalue weighted by Gasteiger charge is 2.25. The van der Waals surface area contributed by atoms with Crippen LogP contribution in [0.3, 0.4) is 0 Å². The van der Waals surface area contributed by atoms with E-state index in [2.05, 4.69) is 10.3 Å². The van der Waals surface area contributed by atoms with E-state index in [1.807, 2.05) is 54.6 Å². The summed E-state index contributed by atoms with van der Waals surface area (Å²) < 4.78 is 13.1. The maximum Gasteiger partial charge on any atom is 0.255 e. The standard InChI is InChI=1S/C33H33N7O4/c1-43-24-15-13-23(14-16-24)38-32(42)22-12-17-28-27(20-22)39-31(40(28)29(30(34)41)11-6-18-37-33(35)36)21-7-5-10-26(19-21)44-25-8-3-2-4-9-25/h2-5,7-10,12-17,19-20,29H,6,11,18H2,1H3,(H2,34,41)(H,38,42)(H4,35,36,37)/t29-/m0/s1. The van der Waals surface area contributed by atoms with E-state index in [1.54, 1.807) is 54.1 Å². The van der Waals surface area contributed by atoms with Gasteiger partial charge in [-0.1, -0.05) is 30.3 Å². The van der Waals surface area contributed by atoms with E-state index in [9.17, 15) is 9.59 Å². The van der Waals surface area contributed by atoms with Crippen molar-refractivity contribution >= 4 is 34.5 Å². The summed E-state index contributed by atoms with van der Waals surface area (Å²) in [5.41, 5.74) is 19.8. The lowest BCUT2D eigenvalue weighted by Crippen LogP contribution is -2.27. The summed E-state index contributed by atoms with van der Waals surface area (Å²) in [5.74, 6) is 1.59. The first kappa shape index (κ1) is 29.6. The zero-order valence-corrected chi connectivity index (χ0v) is 24.1. The second kappa shape index (κ2) is 13.4. The number of nitrogens with zero attached hydrogens (tertiary/aromatic N) is 3. The fourth-order valence-electron chi connectivity index (χ4n) is 4.85. The number of para-hydroxylation sites is 1. The minimum Gasteiger partial charge on any atom is -0.497 e. The fourth-order valence-corrected chi connectivity index (χ4v) is 4.85. The van der Waals surface area contributed by atoms with E-state index in [1.165, 1.54) is 0 Å². The van der Waals surface area contributed by atoms with Crippen molar-refractivity contribution < 1.29 is 19.1 Å². The third-order valence-electron chi connectivity index (χ3n) is 6.94. The Bertz CT molecular complexity index is 1800. The fraction of sp³-hybridized carbons (Fsp3) is 0.152. The van der Waals surface area contributed by atoms with Crippen molar-refractivity contribution in [2.75, 3.05) is 19.0 Å². The molecule has 0 aliphatic rings. The number of carbonyl (C=O) groups is 2. The predicted molar refractivity (Wildman–Crippen MR) is 171 cm³/mol. The van der Waals surface area contributed by atoms with Gasteiger partial charge in [-0.3, -0.25) is 14.6 Å². The summed E-state index contributed by atoms with van der Waals surface area (Å²) in [5, 5.41) is 2.89. The number of fused-ring (bicyclic) bond motifs is 1. The SMILES string of the molecule is COc1ccc(NC(=O)c2ccc3c(c2)nc(-c2cccc(Oc4ccccc4)c2)n3[C@@H](CCCN=C(N)N)C(N)=O)cc1. The maximum atomic E-state index is 13.2. The second-order valence-corrected chi connectivity index (χ2v) is 10.0. The van der Waals surface area contributed by atoms with Crippen molar-refractivity contribution in [3.63, 3.8) is 0 Å². The first-order valence-corrected chi connectivity index (χ1v) is 14.0. The Hall–Kier alpha value is -5.84. The number of nitrogens with two attached hydrogens (primary N) is 3. The molecule has 1 atom stereocenters. The third-order valence-corrected chi connectivity index (χ3v) is 6.94. The number of primary amides is 1. The number of aliphatic imine (C=N–C) groups is 1. The van der Waals surface area contributed by atoms with E-state index in [4.69, 9.17) is 31.7 Å². The van der Waals surface area contributed by atoms with Crippen molar-refractivity contribution in [2.24, 2.45) is 22.2 Å². The number of benzene rings is 4. The molecule has 0 saturated heterocycles. The Labute approximate surface area is 254 Å². The van der Waals surface area contributed by atoms with Gasteiger partial charge in [0, 0.05) is 23.4 Å². The van der Waals surface area contributed by atoms with Crippen LogP contribution in [0.4, 0.5) is 5.69 Å². The number of methoxy groups -OCH3 is 1. The molecule has 1 aromatic heterocycles. The molecule has 0 aliphatic carbocycles. The zero-order valence-electron chi connectivity index (χ0n) is 24.1. The molecule has 224 valence electrons. The van der Waals surface area contributed by atoms with Crippen LogP contribution in [0.2, 0.25) is 0 Å². The third kappa shape index (κ3) is 6.96. The molecule has 0 radical (unpaired) electrons. The van der Waals surface area contributed by atoms with Gasteiger partial charge in [0.1, 0.15) is 29.1 Å². The zero-order chi connectivity index (χ0) is 31.1. The van der Waals surface area contributed by atoms with Gasteiger partial charge in [-0.25, -0.2) is 4.98 Å². The van der Waals surface area contributed by atoms with Gasteiger partial charge in [0.2, 0.25) is 5.91 Å². The number of amides is 2. The van der Waals surface area contributed by atoms with Crippen LogP contribution >= 0.6 is 0 Å². The lowest BCUT2D eigenvalue weighted by molar-refractivity contribution is -0.121. The number of nitrogens with one attached hydrogen (secondary N) is 1. The Morgan fingerprint density at radius 1 is 0.886 bits per heavy atom. The van der Waals surface area contributed by atoms with Gasteiger partial charge in [0.15, 0.2) is 5.96 Å². The van der Waals surface area contributed by atoms with Crippen LogP contribution in [0, 0.1) is 0 Å². The van der Waals surface area contributed by atoms with Crippen LogP contribution in [-0.2, 0) is 4.79 Å². The first-order valence-electron chi connectivity index (χ1n) is 14.0. The molecule has 0 spiro atoms. The van der Waals surface area contributed by atoms with Gasteiger partial charge >= 0.3 is 0 Å². The smallest absolute Gasteiger partial charge is 0.255 e. The van der Waals surface area contributed by atoms with Crippen LogP contribution in [0.5, 0.6) is 17.2 Å². The largest absolute Gasteiger partial charge is 0.497 e. The van der Waals surface area contributed by atoms with Crippen LogP contribution in [0.1, 0.15) is 29.2 Å². The molecule has 2 amide bonds. The molecule has 0 fully saturated rings. The Morgan fingerprint density at radius 2 is 1.64 bits per heavy atom. The summed E-state index contributed by atoms with van der Waals surface area (Å²) in [6.07, 6.45) is 0.870. The summed E-state index contributed by atoms with van der Waals surface area (Å²) in [6.45, 7) is 0.337. The summed E-state index contributed by atoms with van der Waals surface area (Å²) in [7, 11) is 1.58. The van der Waals surface area contributed by atoms with Crippen molar-refractivity contribution in [3.8, 4) is 28.6 Å². The van der Waals surface area contributed by atoms with Crippen LogP contribution in [0.25, 0.3) is 22.4 Å². The van der Waals surface area contributed by atoms with Crippen molar-refractivity contribution in [3.05, 3.63) is 103 Å². The van der Waals surface area contributed by atoms with Crippen molar-refractivity contribution in [1.82, 2.24) is 9.55 Å². The van der Waals surface area contributed by atoms with Gasteiger partial charge in [0.25, 0.3) is 5.91 Å². The van der Waals surface area contributed by atoms with Gasteiger partial charge in [0.05, 0.1) is 18.1 Å². The molecule has 11 nitrogen and oxygen atoms in total. The highest BCUT2D eigenvalue weighted by molar-refractivity contribution is 6.06. The van der Waals surface area contributed by atoms with E-state index in [-0.39, 0.29) is 11.9 Å². The molecular formula is C33H33N7O4. The quantitative estimate of drug-likeness (QED) is 0.0913. The number of aromatic nitrogens is 2. The normalized spacial score (nSPS) is 11.5. The topological polar surface area (TPSA) is 173 Å². The van der Waals surface area contributed by atoms with Crippen LogP contribution in [0.15, 0.2) is 102 Å². The molecular weight excluding hydrogens is 558 g/mol. The first-order chi connectivity index (χ1) is 21.3. The van der Waals surface area contributed by atoms with E-state index in [0.717, 1.165) is 0 Å². The summed E-state index contributed by atoms with van der Waals surface area (Å²) in [4.78, 5) is 35.0. The molecule has 0 aliphatic heterocycles. The number of hydrogen-bond donors (Lipinski definition) is 4. The second-order valence-electron chi connectivity index (χ2n) is 10.0. The lowest BCUT2D eigenvalue weighted by Gasteiger charge is -2.19. The average molecular weight is 592 g/mol. The Balaban J connectivity index is 1.54. The maximum absolute atomic E-state index is 13.2. The minimum atomic E-state index is -0.762. The van der Waals surface area contributed by atoms with Crippen LogP contribution in [-0.4, -0.2) is 41.0 Å². The molecule has 5 rings (SSSR count). The molecule has 11 heteroatoms. The average Bonchev–Trinajstić information content (AvgIpc) is 3.40. The molecule has 5 aromatic rings. The van der Waals surface area contributed by atoms with E-state index in [0.29, 0.717) is 70.3 Å². The number of hydrogen-bond acceptors (Lipinski definition) is 6. The Morgan fingerprint density at radius 3 is 2.34 bits per heavy atom. The Kier molecular flexibility index (Phi) is 9.05. The molecule has 1 heterocycles. The predicted octanol–water partition coefficient (Wildman–Crippen LogP) is 4.84. The molecule has 0 bridgehead atoms. The van der Waals surface area contributed by atoms with Gasteiger partial charge in [-0.2, -0.15) is 0 Å². The molecule has 4 aromatic carbocycles. The van der Waals surface area contributed by atoms with Gasteiger partial charge in [-0.15, -0.1) is 0 Å². The number of anilines is 1. The van der Waals surface area contributed by atoms with Crippen molar-refractivity contribution in [2.45, 2.75) is 18.9 Å². The monoisotopic (exact) mass is 591 g/mol. The number of ether oxygens (including phenoxy) is 2. The summed E-state index contributed by atoms with van der Waals surface area (Å²) in [6, 6.07) is 28.3. The highest BCUT2D eigenvalue weighted by atomic mass is 16.5. The number of guanidine groups is 1. The number of carbonyl (C=O) groups excluding carboxylic acids is 2. The molecule has 44 heavy (non-hydrogen) atoms. The molecule has 7 N–H and O–H groups in total. The van der Waals surface area contributed by atoms with Gasteiger partial charge < -0.3 is 36.6 Å². The summed E-state index contributed by atoms with van der Waals surface area (Å²) >= 11 is 0.